The number of rotatable bonds is 5. The summed E-state index contributed by atoms with van der Waals surface area (Å²) in [6, 6.07) is 8.61. The van der Waals surface area contributed by atoms with Crippen molar-refractivity contribution >= 4 is 5.97 Å². The molecule has 0 spiro atoms. The van der Waals surface area contributed by atoms with E-state index in [4.69, 9.17) is 10.8 Å². The second-order valence-electron chi connectivity index (χ2n) is 4.10. The van der Waals surface area contributed by atoms with Gasteiger partial charge in [0.05, 0.1) is 12.2 Å². The molecule has 2 rings (SSSR count). The van der Waals surface area contributed by atoms with E-state index >= 15 is 0 Å². The van der Waals surface area contributed by atoms with Crippen molar-refractivity contribution in [2.45, 2.75) is 19.0 Å². The van der Waals surface area contributed by atoms with Crippen LogP contribution >= 0.6 is 0 Å². The van der Waals surface area contributed by atoms with Gasteiger partial charge >= 0.3 is 5.97 Å². The molecule has 94 valence electrons. The Morgan fingerprint density at radius 2 is 2.22 bits per heavy atom. The SMILES string of the molecule is NC(Cc1cccn1Cc1ccccn1)C(=O)O. The van der Waals surface area contributed by atoms with Gasteiger partial charge in [-0.15, -0.1) is 0 Å². The first-order valence-electron chi connectivity index (χ1n) is 5.69. The van der Waals surface area contributed by atoms with Crippen LogP contribution in [0.1, 0.15) is 11.4 Å². The molecule has 1 atom stereocenters. The van der Waals surface area contributed by atoms with Gasteiger partial charge < -0.3 is 15.4 Å². The van der Waals surface area contributed by atoms with Crippen molar-refractivity contribution in [3.8, 4) is 0 Å². The molecule has 1 unspecified atom stereocenters. The first kappa shape index (κ1) is 12.3. The number of nitrogens with two attached hydrogens (primary N) is 1. The van der Waals surface area contributed by atoms with Crippen LogP contribution < -0.4 is 5.73 Å². The second kappa shape index (κ2) is 5.46. The van der Waals surface area contributed by atoms with E-state index in [2.05, 4.69) is 4.98 Å². The first-order chi connectivity index (χ1) is 8.66. The third-order valence-electron chi connectivity index (χ3n) is 2.73. The van der Waals surface area contributed by atoms with Crippen molar-refractivity contribution in [2.24, 2.45) is 5.73 Å². The average molecular weight is 245 g/mol. The standard InChI is InChI=1S/C13H15N3O2/c14-12(13(17)18)8-11-5-3-7-16(11)9-10-4-1-2-6-15-10/h1-7,12H,8-9,14H2,(H,17,18). The molecule has 0 saturated carbocycles. The molecular formula is C13H15N3O2. The Morgan fingerprint density at radius 1 is 1.39 bits per heavy atom. The maximum atomic E-state index is 10.7. The predicted octanol–water partition coefficient (Wildman–Crippen LogP) is 0.886. The molecule has 0 aromatic carbocycles. The smallest absolute Gasteiger partial charge is 0.320 e. The monoisotopic (exact) mass is 245 g/mol. The number of carbonyl (C=O) groups is 1. The number of aromatic nitrogens is 2. The van der Waals surface area contributed by atoms with Gasteiger partial charge in [-0.2, -0.15) is 0 Å². The number of nitrogens with zero attached hydrogens (tertiary/aromatic N) is 2. The molecule has 0 radical (unpaired) electrons. The fourth-order valence-corrected chi connectivity index (χ4v) is 1.77. The van der Waals surface area contributed by atoms with Gasteiger partial charge in [-0.05, 0) is 24.3 Å². The summed E-state index contributed by atoms with van der Waals surface area (Å²) >= 11 is 0. The summed E-state index contributed by atoms with van der Waals surface area (Å²) < 4.78 is 1.96. The van der Waals surface area contributed by atoms with Crippen molar-refractivity contribution in [2.75, 3.05) is 0 Å². The fraction of sp³-hybridized carbons (Fsp3) is 0.231. The van der Waals surface area contributed by atoms with Crippen LogP contribution in [0.25, 0.3) is 0 Å². The van der Waals surface area contributed by atoms with Crippen LogP contribution in [0.5, 0.6) is 0 Å². The van der Waals surface area contributed by atoms with Crippen molar-refractivity contribution in [1.82, 2.24) is 9.55 Å². The topological polar surface area (TPSA) is 81.1 Å². The van der Waals surface area contributed by atoms with Gasteiger partial charge in [-0.3, -0.25) is 9.78 Å². The van der Waals surface area contributed by atoms with Gasteiger partial charge in [0.25, 0.3) is 0 Å². The molecule has 18 heavy (non-hydrogen) atoms. The highest BCUT2D eigenvalue weighted by molar-refractivity contribution is 5.73. The van der Waals surface area contributed by atoms with Crippen LogP contribution in [0, 0.1) is 0 Å². The molecule has 0 aliphatic rings. The minimum absolute atomic E-state index is 0.315. The zero-order chi connectivity index (χ0) is 13.0. The van der Waals surface area contributed by atoms with Gasteiger partial charge in [-0.1, -0.05) is 6.07 Å². The van der Waals surface area contributed by atoms with Crippen molar-refractivity contribution in [3.63, 3.8) is 0 Å². The summed E-state index contributed by atoms with van der Waals surface area (Å²) in [7, 11) is 0. The average Bonchev–Trinajstić information content (AvgIpc) is 2.78. The summed E-state index contributed by atoms with van der Waals surface area (Å²) in [4.78, 5) is 15.0. The summed E-state index contributed by atoms with van der Waals surface area (Å²) in [6.07, 6.45) is 3.95. The Morgan fingerprint density at radius 3 is 2.89 bits per heavy atom. The zero-order valence-corrected chi connectivity index (χ0v) is 9.86. The lowest BCUT2D eigenvalue weighted by atomic mass is 10.1. The Hall–Kier alpha value is -2.14. The van der Waals surface area contributed by atoms with Crippen molar-refractivity contribution in [1.29, 1.82) is 0 Å². The van der Waals surface area contributed by atoms with Crippen LogP contribution in [-0.2, 0) is 17.8 Å². The first-order valence-corrected chi connectivity index (χ1v) is 5.69. The summed E-state index contributed by atoms with van der Waals surface area (Å²) in [5, 5.41) is 8.81. The Balaban J connectivity index is 2.11. The van der Waals surface area contributed by atoms with Gasteiger partial charge in [0.15, 0.2) is 0 Å². The maximum Gasteiger partial charge on any atom is 0.320 e. The third-order valence-corrected chi connectivity index (χ3v) is 2.73. The molecule has 3 N–H and O–H groups in total. The third kappa shape index (κ3) is 2.95. The zero-order valence-electron chi connectivity index (χ0n) is 9.86. The minimum atomic E-state index is -0.986. The molecule has 2 heterocycles. The van der Waals surface area contributed by atoms with Gasteiger partial charge in [0.1, 0.15) is 6.04 Å². The molecule has 5 heteroatoms. The van der Waals surface area contributed by atoms with Gasteiger partial charge in [0, 0.05) is 24.5 Å². The van der Waals surface area contributed by atoms with Crippen LogP contribution in [0.4, 0.5) is 0 Å². The van der Waals surface area contributed by atoms with Crippen LogP contribution in [0.15, 0.2) is 42.7 Å². The molecule has 0 amide bonds. The van der Waals surface area contributed by atoms with E-state index in [9.17, 15) is 4.79 Å². The number of aliphatic carboxylic acids is 1. The highest BCUT2D eigenvalue weighted by Crippen LogP contribution is 2.08. The molecule has 2 aromatic heterocycles. The molecule has 2 aromatic rings. The number of carboxylic acid groups (broad SMARTS) is 1. The Kier molecular flexibility index (Phi) is 3.74. The van der Waals surface area contributed by atoms with E-state index in [0.717, 1.165) is 11.4 Å². The predicted molar refractivity (Wildman–Crippen MR) is 67.1 cm³/mol. The van der Waals surface area contributed by atoms with E-state index in [0.29, 0.717) is 13.0 Å². The quantitative estimate of drug-likeness (QED) is 0.819. The molecular weight excluding hydrogens is 230 g/mol. The summed E-state index contributed by atoms with van der Waals surface area (Å²) in [6.45, 7) is 0.621. The number of hydrogen-bond donors (Lipinski definition) is 2. The van der Waals surface area contributed by atoms with E-state index in [1.54, 1.807) is 6.20 Å². The van der Waals surface area contributed by atoms with Gasteiger partial charge in [0.2, 0.25) is 0 Å². The highest BCUT2D eigenvalue weighted by Gasteiger charge is 2.14. The number of carboxylic acids is 1. The highest BCUT2D eigenvalue weighted by atomic mass is 16.4. The molecule has 0 aliphatic heterocycles. The van der Waals surface area contributed by atoms with E-state index in [1.165, 1.54) is 0 Å². The largest absolute Gasteiger partial charge is 0.480 e. The molecule has 5 nitrogen and oxygen atoms in total. The van der Waals surface area contributed by atoms with Crippen molar-refractivity contribution < 1.29 is 9.90 Å². The lowest BCUT2D eigenvalue weighted by molar-refractivity contribution is -0.138. The van der Waals surface area contributed by atoms with Crippen LogP contribution in [0.2, 0.25) is 0 Å². The van der Waals surface area contributed by atoms with Crippen LogP contribution in [0.3, 0.4) is 0 Å². The summed E-state index contributed by atoms with van der Waals surface area (Å²) in [5.41, 5.74) is 7.37. The number of pyridine rings is 1. The second-order valence-corrected chi connectivity index (χ2v) is 4.10. The molecule has 0 bridgehead atoms. The summed E-state index contributed by atoms with van der Waals surface area (Å²) in [5.74, 6) is -0.986. The van der Waals surface area contributed by atoms with Crippen molar-refractivity contribution in [3.05, 3.63) is 54.1 Å². The Labute approximate surface area is 105 Å². The fourth-order valence-electron chi connectivity index (χ4n) is 1.77. The molecule has 0 aliphatic carbocycles. The lowest BCUT2D eigenvalue weighted by Crippen LogP contribution is -2.33. The van der Waals surface area contributed by atoms with E-state index in [-0.39, 0.29) is 0 Å². The maximum absolute atomic E-state index is 10.7. The van der Waals surface area contributed by atoms with E-state index in [1.807, 2.05) is 41.1 Å². The normalized spacial score (nSPS) is 12.3. The molecule has 0 fully saturated rings. The number of hydrogen-bond acceptors (Lipinski definition) is 3. The van der Waals surface area contributed by atoms with Crippen LogP contribution in [-0.4, -0.2) is 26.7 Å². The Bertz CT molecular complexity index is 522. The van der Waals surface area contributed by atoms with E-state index < -0.39 is 12.0 Å². The minimum Gasteiger partial charge on any atom is -0.480 e. The molecule has 0 saturated heterocycles. The van der Waals surface area contributed by atoms with Gasteiger partial charge in [-0.25, -0.2) is 0 Å². The lowest BCUT2D eigenvalue weighted by Gasteiger charge is -2.11.